The maximum absolute atomic E-state index is 11.8. The predicted octanol–water partition coefficient (Wildman–Crippen LogP) is 2.03. The first-order valence-corrected chi connectivity index (χ1v) is 8.33. The number of methoxy groups -OCH3 is 1. The predicted molar refractivity (Wildman–Crippen MR) is 80.9 cm³/mol. The molecule has 6 nitrogen and oxygen atoms in total. The van der Waals surface area contributed by atoms with Gasteiger partial charge in [0.25, 0.3) is 0 Å². The number of carbonyl (C=O) groups is 1. The van der Waals surface area contributed by atoms with E-state index in [0.29, 0.717) is 17.9 Å². The molecule has 0 aliphatic rings. The van der Waals surface area contributed by atoms with Crippen molar-refractivity contribution in [1.29, 1.82) is 0 Å². The second kappa shape index (κ2) is 7.99. The summed E-state index contributed by atoms with van der Waals surface area (Å²) >= 11 is 0. The highest BCUT2D eigenvalue weighted by molar-refractivity contribution is 7.92. The van der Waals surface area contributed by atoms with E-state index in [1.807, 2.05) is 6.92 Å². The molecule has 0 radical (unpaired) electrons. The number of sulfonamides is 1. The number of hydrogen-bond donors (Lipinski definition) is 1. The van der Waals surface area contributed by atoms with Crippen molar-refractivity contribution in [1.82, 2.24) is 0 Å². The van der Waals surface area contributed by atoms with E-state index in [9.17, 15) is 13.2 Å². The van der Waals surface area contributed by atoms with Crippen LogP contribution in [-0.4, -0.2) is 40.0 Å². The summed E-state index contributed by atoms with van der Waals surface area (Å²) in [5.41, 5.74) is 0.780. The first-order chi connectivity index (χ1) is 9.88. The zero-order chi connectivity index (χ0) is 15.9. The zero-order valence-electron chi connectivity index (χ0n) is 12.5. The van der Waals surface area contributed by atoms with Crippen LogP contribution in [0.15, 0.2) is 24.3 Å². The Bertz CT molecular complexity index is 553. The minimum atomic E-state index is -3.48. The molecule has 0 fully saturated rings. The van der Waals surface area contributed by atoms with Crippen LogP contribution in [0.2, 0.25) is 0 Å². The van der Waals surface area contributed by atoms with Gasteiger partial charge < -0.3 is 9.47 Å². The highest BCUT2D eigenvalue weighted by Gasteiger charge is 2.15. The first kappa shape index (κ1) is 17.5. The maximum atomic E-state index is 11.8. The lowest BCUT2D eigenvalue weighted by Crippen LogP contribution is -2.25. The Balaban J connectivity index is 2.68. The van der Waals surface area contributed by atoms with Gasteiger partial charge in [0.05, 0.1) is 24.0 Å². The van der Waals surface area contributed by atoms with Crippen LogP contribution in [-0.2, 0) is 19.5 Å². The van der Waals surface area contributed by atoms with Gasteiger partial charge in [-0.1, -0.05) is 6.92 Å². The number of esters is 1. The Hall–Kier alpha value is -1.60. The molecule has 118 valence electrons. The molecule has 1 N–H and O–H groups in total. The highest BCUT2D eigenvalue weighted by Crippen LogP contribution is 2.13. The summed E-state index contributed by atoms with van der Waals surface area (Å²) in [6, 6.07) is 6.10. The van der Waals surface area contributed by atoms with Crippen molar-refractivity contribution in [3.63, 3.8) is 0 Å². The molecule has 1 aromatic carbocycles. The molecule has 0 aliphatic heterocycles. The number of benzene rings is 1. The molecule has 7 heteroatoms. The van der Waals surface area contributed by atoms with Crippen molar-refractivity contribution in [3.05, 3.63) is 29.8 Å². The van der Waals surface area contributed by atoms with Gasteiger partial charge in [-0.3, -0.25) is 4.72 Å². The standard InChI is InChI=1S/C14H21NO5S/c1-4-9-20-14(16)12-5-7-13(8-6-12)15-21(17,18)10-11(2)19-3/h5-8,11,15H,4,9-10H2,1-3H3. The second-order valence-electron chi connectivity index (χ2n) is 4.64. The van der Waals surface area contributed by atoms with E-state index in [-0.39, 0.29) is 5.75 Å². The minimum absolute atomic E-state index is 0.135. The van der Waals surface area contributed by atoms with Crippen LogP contribution in [0.25, 0.3) is 0 Å². The number of hydrogen-bond acceptors (Lipinski definition) is 5. The molecule has 1 atom stereocenters. The fraction of sp³-hybridized carbons (Fsp3) is 0.500. The average molecular weight is 315 g/mol. The van der Waals surface area contributed by atoms with Crippen molar-refractivity contribution in [2.24, 2.45) is 0 Å². The Morgan fingerprint density at radius 2 is 1.90 bits per heavy atom. The number of rotatable bonds is 8. The lowest BCUT2D eigenvalue weighted by Gasteiger charge is -2.12. The number of anilines is 1. The summed E-state index contributed by atoms with van der Waals surface area (Å²) in [5, 5.41) is 0. The normalized spacial score (nSPS) is 12.7. The van der Waals surface area contributed by atoms with Crippen LogP contribution < -0.4 is 4.72 Å². The van der Waals surface area contributed by atoms with Crippen molar-refractivity contribution in [2.45, 2.75) is 26.4 Å². The SMILES string of the molecule is CCCOC(=O)c1ccc(NS(=O)(=O)CC(C)OC)cc1. The molecule has 1 rings (SSSR count). The molecule has 0 saturated carbocycles. The van der Waals surface area contributed by atoms with Crippen LogP contribution in [0.1, 0.15) is 30.6 Å². The van der Waals surface area contributed by atoms with Crippen molar-refractivity contribution >= 4 is 21.7 Å². The molecular weight excluding hydrogens is 294 g/mol. The Kier molecular flexibility index (Phi) is 6.64. The van der Waals surface area contributed by atoms with Gasteiger partial charge >= 0.3 is 5.97 Å². The van der Waals surface area contributed by atoms with Crippen molar-refractivity contribution in [3.8, 4) is 0 Å². The summed E-state index contributed by atoms with van der Waals surface area (Å²) in [5.74, 6) is -0.552. The van der Waals surface area contributed by atoms with Crippen LogP contribution in [0.4, 0.5) is 5.69 Å². The van der Waals surface area contributed by atoms with Gasteiger partial charge in [0.15, 0.2) is 0 Å². The van der Waals surface area contributed by atoms with Gasteiger partial charge in [-0.25, -0.2) is 13.2 Å². The summed E-state index contributed by atoms with van der Waals surface area (Å²) < 4.78 is 36.0. The molecule has 21 heavy (non-hydrogen) atoms. The monoisotopic (exact) mass is 315 g/mol. The third kappa shape index (κ3) is 6.14. The number of carbonyl (C=O) groups excluding carboxylic acids is 1. The molecule has 0 aliphatic carbocycles. The fourth-order valence-corrected chi connectivity index (χ4v) is 2.88. The van der Waals surface area contributed by atoms with Crippen LogP contribution in [0.3, 0.4) is 0 Å². The molecule has 1 aromatic rings. The van der Waals surface area contributed by atoms with E-state index in [1.54, 1.807) is 6.92 Å². The van der Waals surface area contributed by atoms with Gasteiger partial charge in [-0.15, -0.1) is 0 Å². The van der Waals surface area contributed by atoms with E-state index >= 15 is 0 Å². The molecule has 0 spiro atoms. The van der Waals surface area contributed by atoms with Gasteiger partial charge in [-0.05, 0) is 37.6 Å². The number of ether oxygens (including phenoxy) is 2. The Morgan fingerprint density at radius 1 is 1.29 bits per heavy atom. The van der Waals surface area contributed by atoms with Crippen LogP contribution >= 0.6 is 0 Å². The summed E-state index contributed by atoms with van der Waals surface area (Å²) in [6.45, 7) is 3.94. The first-order valence-electron chi connectivity index (χ1n) is 6.68. The molecule has 1 unspecified atom stereocenters. The lowest BCUT2D eigenvalue weighted by molar-refractivity contribution is 0.0505. The highest BCUT2D eigenvalue weighted by atomic mass is 32.2. The molecule has 0 saturated heterocycles. The topological polar surface area (TPSA) is 81.7 Å². The smallest absolute Gasteiger partial charge is 0.338 e. The average Bonchev–Trinajstić information content (AvgIpc) is 2.44. The summed E-state index contributed by atoms with van der Waals surface area (Å²) in [4.78, 5) is 11.6. The van der Waals surface area contributed by atoms with Crippen molar-refractivity contribution < 1.29 is 22.7 Å². The molecule has 0 heterocycles. The van der Waals surface area contributed by atoms with E-state index in [0.717, 1.165) is 6.42 Å². The summed E-state index contributed by atoms with van der Waals surface area (Å²) in [6.07, 6.45) is 0.354. The van der Waals surface area contributed by atoms with Gasteiger partial charge in [-0.2, -0.15) is 0 Å². The minimum Gasteiger partial charge on any atom is -0.462 e. The zero-order valence-corrected chi connectivity index (χ0v) is 13.3. The Labute approximate surface area is 125 Å². The van der Waals surface area contributed by atoms with Gasteiger partial charge in [0.1, 0.15) is 0 Å². The van der Waals surface area contributed by atoms with Crippen LogP contribution in [0, 0.1) is 0 Å². The molecular formula is C14H21NO5S. The third-order valence-corrected chi connectivity index (χ3v) is 4.14. The third-order valence-electron chi connectivity index (χ3n) is 2.69. The van der Waals surface area contributed by atoms with Gasteiger partial charge in [0, 0.05) is 12.8 Å². The van der Waals surface area contributed by atoms with Crippen LogP contribution in [0.5, 0.6) is 0 Å². The van der Waals surface area contributed by atoms with E-state index in [1.165, 1.54) is 31.4 Å². The largest absolute Gasteiger partial charge is 0.462 e. The quantitative estimate of drug-likeness (QED) is 0.742. The second-order valence-corrected chi connectivity index (χ2v) is 6.41. The van der Waals surface area contributed by atoms with Gasteiger partial charge in [0.2, 0.25) is 10.0 Å². The molecule has 0 aromatic heterocycles. The summed E-state index contributed by atoms with van der Waals surface area (Å²) in [7, 11) is -2.03. The Morgan fingerprint density at radius 3 is 2.43 bits per heavy atom. The van der Waals surface area contributed by atoms with E-state index in [2.05, 4.69) is 4.72 Å². The molecule has 0 amide bonds. The van der Waals surface area contributed by atoms with E-state index < -0.39 is 22.1 Å². The van der Waals surface area contributed by atoms with Crippen molar-refractivity contribution in [2.75, 3.05) is 24.2 Å². The maximum Gasteiger partial charge on any atom is 0.338 e. The van der Waals surface area contributed by atoms with E-state index in [4.69, 9.17) is 9.47 Å². The fourth-order valence-electron chi connectivity index (χ4n) is 1.55. The number of nitrogens with one attached hydrogen (secondary N) is 1. The lowest BCUT2D eigenvalue weighted by atomic mass is 10.2. The molecule has 0 bridgehead atoms.